The van der Waals surface area contributed by atoms with Gasteiger partial charge < -0.3 is 9.30 Å². The average Bonchev–Trinajstić information content (AvgIpc) is 3.40. The number of carbonyl (C=O) groups is 1. The van der Waals surface area contributed by atoms with Crippen LogP contribution in [0.2, 0.25) is 0 Å². The van der Waals surface area contributed by atoms with Gasteiger partial charge in [0.25, 0.3) is 5.91 Å². The van der Waals surface area contributed by atoms with E-state index in [0.717, 1.165) is 45.7 Å². The molecule has 0 bridgehead atoms. The Kier molecular flexibility index (Phi) is 6.30. The van der Waals surface area contributed by atoms with E-state index in [1.54, 1.807) is 6.08 Å². The minimum atomic E-state index is -0.406. The second-order valence-corrected chi connectivity index (χ2v) is 9.72. The number of fused-ring (bicyclic) bond motifs is 2. The van der Waals surface area contributed by atoms with E-state index in [0.29, 0.717) is 18.3 Å². The van der Waals surface area contributed by atoms with Crippen molar-refractivity contribution >= 4 is 50.7 Å². The molecular formula is C27H27N5O2S. The fourth-order valence-corrected chi connectivity index (χ4v) is 5.18. The molecule has 178 valence electrons. The van der Waals surface area contributed by atoms with Crippen LogP contribution in [0.5, 0.6) is 5.75 Å². The summed E-state index contributed by atoms with van der Waals surface area (Å²) < 4.78 is 8.20. The molecule has 0 saturated heterocycles. The van der Waals surface area contributed by atoms with Crippen molar-refractivity contribution in [2.75, 3.05) is 6.61 Å². The minimum Gasteiger partial charge on any atom is -0.491 e. The molecule has 0 atom stereocenters. The highest BCUT2D eigenvalue weighted by atomic mass is 32.2. The molecule has 2 aliphatic heterocycles. The first-order valence-electron chi connectivity index (χ1n) is 11.7. The third kappa shape index (κ3) is 4.53. The Hall–Kier alpha value is -3.65. The van der Waals surface area contributed by atoms with Crippen LogP contribution in [0.1, 0.15) is 36.5 Å². The third-order valence-corrected chi connectivity index (χ3v) is 6.98. The van der Waals surface area contributed by atoms with Crippen molar-refractivity contribution in [2.24, 2.45) is 10.1 Å². The molecule has 3 aromatic rings. The average molecular weight is 486 g/mol. The number of carbonyl (C=O) groups excluding carboxylic acids is 1. The monoisotopic (exact) mass is 485 g/mol. The summed E-state index contributed by atoms with van der Waals surface area (Å²) in [5.41, 5.74) is 4.42. The van der Waals surface area contributed by atoms with Crippen molar-refractivity contribution in [3.05, 3.63) is 70.9 Å². The fraction of sp³-hybridized carbons (Fsp3) is 0.259. The van der Waals surface area contributed by atoms with Gasteiger partial charge in [0.1, 0.15) is 17.4 Å². The molecule has 35 heavy (non-hydrogen) atoms. The van der Waals surface area contributed by atoms with Crippen molar-refractivity contribution in [2.45, 2.75) is 40.2 Å². The number of amides is 1. The zero-order chi connectivity index (χ0) is 24.5. The molecule has 0 spiro atoms. The van der Waals surface area contributed by atoms with E-state index in [9.17, 15) is 4.79 Å². The van der Waals surface area contributed by atoms with E-state index >= 15 is 0 Å². The zero-order valence-corrected chi connectivity index (χ0v) is 20.9. The Balaban J connectivity index is 1.42. The van der Waals surface area contributed by atoms with Crippen LogP contribution in [0, 0.1) is 19.3 Å². The standard InChI is InChI=1S/C27H27N5O2S/c1-4-7-24-30-32-25(28)21(26(33)29-27(32)35-24)15-19-16-31(22-9-6-5-8-20(19)22)12-13-34-23-14-17(2)10-11-18(23)3/h5-6,8-11,14-16,28H,4,7,12-13H2,1-3H3. The SMILES string of the molecule is CCCC1=NN2C(=N)C(=Cc3cn(CCOc4cc(C)ccc4C)c4ccccc34)C(=O)N=C2S1. The fourth-order valence-electron chi connectivity index (χ4n) is 4.19. The number of aryl methyl sites for hydroxylation is 2. The molecule has 1 amide bonds. The number of aromatic nitrogens is 1. The minimum absolute atomic E-state index is 0.0636. The number of amidine groups is 2. The smallest absolute Gasteiger partial charge is 0.283 e. The highest BCUT2D eigenvalue weighted by molar-refractivity contribution is 8.26. The highest BCUT2D eigenvalue weighted by Gasteiger charge is 2.35. The van der Waals surface area contributed by atoms with Gasteiger partial charge in [0.2, 0.25) is 5.17 Å². The molecule has 1 aromatic heterocycles. The zero-order valence-electron chi connectivity index (χ0n) is 20.0. The van der Waals surface area contributed by atoms with Crippen molar-refractivity contribution in [1.29, 1.82) is 5.41 Å². The Morgan fingerprint density at radius 3 is 2.83 bits per heavy atom. The lowest BCUT2D eigenvalue weighted by Gasteiger charge is -2.20. The summed E-state index contributed by atoms with van der Waals surface area (Å²) in [6.07, 6.45) is 5.52. The van der Waals surface area contributed by atoms with Gasteiger partial charge >= 0.3 is 0 Å². The number of ether oxygens (including phenoxy) is 1. The number of thioether (sulfide) groups is 1. The molecule has 0 fully saturated rings. The number of para-hydroxylation sites is 1. The summed E-state index contributed by atoms with van der Waals surface area (Å²) in [5.74, 6) is 0.552. The van der Waals surface area contributed by atoms with Gasteiger partial charge in [0.05, 0.1) is 12.1 Å². The second kappa shape index (κ2) is 9.54. The van der Waals surface area contributed by atoms with Crippen molar-refractivity contribution < 1.29 is 9.53 Å². The number of hydrogen-bond donors (Lipinski definition) is 1. The molecule has 0 aliphatic carbocycles. The first-order valence-corrected chi connectivity index (χ1v) is 12.5. The number of hydrazone groups is 1. The quantitative estimate of drug-likeness (QED) is 0.432. The van der Waals surface area contributed by atoms with Gasteiger partial charge in [-0.05, 0) is 67.8 Å². The maximum Gasteiger partial charge on any atom is 0.283 e. The van der Waals surface area contributed by atoms with Crippen LogP contribution in [0.25, 0.3) is 17.0 Å². The second-order valence-electron chi connectivity index (χ2n) is 8.68. The van der Waals surface area contributed by atoms with Crippen molar-refractivity contribution in [3.63, 3.8) is 0 Å². The van der Waals surface area contributed by atoms with Gasteiger partial charge in [-0.1, -0.05) is 37.3 Å². The molecular weight excluding hydrogens is 458 g/mol. The number of benzene rings is 2. The molecule has 2 aliphatic rings. The van der Waals surface area contributed by atoms with Gasteiger partial charge in [0, 0.05) is 22.7 Å². The van der Waals surface area contributed by atoms with E-state index < -0.39 is 5.91 Å². The lowest BCUT2D eigenvalue weighted by atomic mass is 10.1. The summed E-state index contributed by atoms with van der Waals surface area (Å²) >= 11 is 1.37. The molecule has 0 saturated carbocycles. The molecule has 7 nitrogen and oxygen atoms in total. The molecule has 1 N–H and O–H groups in total. The first kappa shape index (κ1) is 23.1. The Labute approximate surface area is 208 Å². The molecule has 5 rings (SSSR count). The van der Waals surface area contributed by atoms with Gasteiger partial charge in [-0.25, -0.2) is 0 Å². The third-order valence-electron chi connectivity index (χ3n) is 6.01. The normalized spacial score (nSPS) is 16.7. The van der Waals surface area contributed by atoms with Crippen LogP contribution < -0.4 is 4.74 Å². The lowest BCUT2D eigenvalue weighted by molar-refractivity contribution is -0.114. The van der Waals surface area contributed by atoms with Crippen LogP contribution in [0.3, 0.4) is 0 Å². The predicted molar refractivity (Wildman–Crippen MR) is 143 cm³/mol. The first-order chi connectivity index (χ1) is 16.9. The lowest BCUT2D eigenvalue weighted by Crippen LogP contribution is -2.35. The van der Waals surface area contributed by atoms with Gasteiger partial charge in [-0.2, -0.15) is 15.1 Å². The molecule has 3 heterocycles. The Morgan fingerprint density at radius 2 is 2.00 bits per heavy atom. The van der Waals surface area contributed by atoms with Gasteiger partial charge in [0.15, 0.2) is 5.84 Å². The number of nitrogens with one attached hydrogen (secondary N) is 1. The molecule has 2 aromatic carbocycles. The molecule has 0 radical (unpaired) electrons. The summed E-state index contributed by atoms with van der Waals surface area (Å²) in [6, 6.07) is 14.3. The number of rotatable bonds is 7. The van der Waals surface area contributed by atoms with Crippen molar-refractivity contribution in [1.82, 2.24) is 9.58 Å². The van der Waals surface area contributed by atoms with Gasteiger partial charge in [-0.15, -0.1) is 0 Å². The molecule has 0 unspecified atom stereocenters. The van der Waals surface area contributed by atoms with E-state index in [1.807, 2.05) is 31.3 Å². The predicted octanol–water partition coefficient (Wildman–Crippen LogP) is 5.76. The van der Waals surface area contributed by atoms with E-state index in [1.165, 1.54) is 22.3 Å². The van der Waals surface area contributed by atoms with E-state index in [-0.39, 0.29) is 11.4 Å². The van der Waals surface area contributed by atoms with Crippen molar-refractivity contribution in [3.8, 4) is 5.75 Å². The van der Waals surface area contributed by atoms with Crippen LogP contribution in [0.15, 0.2) is 64.3 Å². The number of aliphatic imine (C=N–C) groups is 1. The number of hydrogen-bond acceptors (Lipinski definition) is 5. The van der Waals surface area contributed by atoms with Crippen LogP contribution in [-0.4, -0.2) is 38.1 Å². The summed E-state index contributed by atoms with van der Waals surface area (Å²) in [5, 5.41) is 17.0. The topological polar surface area (TPSA) is 83.0 Å². The van der Waals surface area contributed by atoms with E-state index in [2.05, 4.69) is 52.8 Å². The summed E-state index contributed by atoms with van der Waals surface area (Å²) in [6.45, 7) is 7.34. The van der Waals surface area contributed by atoms with Crippen LogP contribution in [-0.2, 0) is 11.3 Å². The maximum absolute atomic E-state index is 12.8. The summed E-state index contributed by atoms with van der Waals surface area (Å²) in [4.78, 5) is 17.0. The highest BCUT2D eigenvalue weighted by Crippen LogP contribution is 2.31. The maximum atomic E-state index is 12.8. The largest absolute Gasteiger partial charge is 0.491 e. The van der Waals surface area contributed by atoms with Crippen LogP contribution in [0.4, 0.5) is 0 Å². The molecule has 8 heteroatoms. The number of nitrogens with zero attached hydrogens (tertiary/aromatic N) is 4. The Morgan fingerprint density at radius 1 is 1.17 bits per heavy atom. The van der Waals surface area contributed by atoms with Gasteiger partial charge in [-0.3, -0.25) is 10.2 Å². The summed E-state index contributed by atoms with van der Waals surface area (Å²) in [7, 11) is 0. The van der Waals surface area contributed by atoms with Crippen LogP contribution >= 0.6 is 11.8 Å². The Bertz CT molecular complexity index is 1430. The van der Waals surface area contributed by atoms with E-state index in [4.69, 9.17) is 10.1 Å².